The molecule has 0 bridgehead atoms. The van der Waals surface area contributed by atoms with E-state index in [0.29, 0.717) is 70.3 Å². The third-order valence-electron chi connectivity index (χ3n) is 5.94. The number of ketones is 1. The van der Waals surface area contributed by atoms with Gasteiger partial charge in [-0.05, 0) is 30.6 Å². The molecule has 0 aromatic rings. The Bertz CT molecular complexity index is 651. The van der Waals surface area contributed by atoms with Crippen LogP contribution in [0.15, 0.2) is 0 Å². The van der Waals surface area contributed by atoms with Gasteiger partial charge in [0.2, 0.25) is 5.91 Å². The Balaban J connectivity index is 1.34. The molecule has 2 atom stereocenters. The summed E-state index contributed by atoms with van der Waals surface area (Å²) in [6.07, 6.45) is 4.36. The molecule has 1 saturated carbocycles. The van der Waals surface area contributed by atoms with E-state index in [1.165, 1.54) is 0 Å². The quantitative estimate of drug-likeness (QED) is 0.293. The second-order valence-corrected chi connectivity index (χ2v) is 8.64. The molecular weight excluding hydrogens is 412 g/mol. The number of fused-ring (bicyclic) bond motifs is 1. The molecule has 0 aromatic heterocycles. The predicted molar refractivity (Wildman–Crippen MR) is 120 cm³/mol. The summed E-state index contributed by atoms with van der Waals surface area (Å²) in [6, 6.07) is 0. The Morgan fingerprint density at radius 3 is 2.19 bits per heavy atom. The highest BCUT2D eigenvalue weighted by Crippen LogP contribution is 2.52. The van der Waals surface area contributed by atoms with Crippen molar-refractivity contribution in [1.82, 2.24) is 10.6 Å². The number of rotatable bonds is 15. The summed E-state index contributed by atoms with van der Waals surface area (Å²) in [6.45, 7) is 6.35. The average molecular weight is 451 g/mol. The van der Waals surface area contributed by atoms with Gasteiger partial charge in [0.15, 0.2) is 0 Å². The minimum atomic E-state index is -0.401. The second kappa shape index (κ2) is 14.9. The minimum absolute atomic E-state index is 0.00611. The Kier molecular flexibility index (Phi) is 12.1. The molecular formula is C24H38N2O6. The summed E-state index contributed by atoms with van der Waals surface area (Å²) in [4.78, 5) is 34.9. The molecule has 0 saturated heterocycles. The predicted octanol–water partition coefficient (Wildman–Crippen LogP) is 2.31. The molecule has 180 valence electrons. The van der Waals surface area contributed by atoms with Gasteiger partial charge < -0.3 is 24.8 Å². The third kappa shape index (κ3) is 10.5. The minimum Gasteiger partial charge on any atom is -0.449 e. The van der Waals surface area contributed by atoms with Crippen molar-refractivity contribution in [2.75, 3.05) is 46.1 Å². The van der Waals surface area contributed by atoms with Gasteiger partial charge in [-0.1, -0.05) is 13.8 Å². The smallest absolute Gasteiger partial charge is 0.407 e. The van der Waals surface area contributed by atoms with Crippen molar-refractivity contribution < 1.29 is 28.6 Å². The molecule has 2 unspecified atom stereocenters. The highest BCUT2D eigenvalue weighted by molar-refractivity contribution is 5.81. The molecule has 0 radical (unpaired) electrons. The van der Waals surface area contributed by atoms with Crippen LogP contribution in [0.5, 0.6) is 0 Å². The molecule has 0 spiro atoms. The first-order valence-electron chi connectivity index (χ1n) is 11.8. The monoisotopic (exact) mass is 450 g/mol. The molecule has 32 heavy (non-hydrogen) atoms. The number of carbonyl (C=O) groups is 3. The third-order valence-corrected chi connectivity index (χ3v) is 5.94. The van der Waals surface area contributed by atoms with Crippen LogP contribution in [0, 0.1) is 35.5 Å². The topological polar surface area (TPSA) is 103 Å². The fraction of sp³-hybridized carbons (Fsp3) is 0.792. The number of amides is 2. The fourth-order valence-corrected chi connectivity index (χ4v) is 3.92. The van der Waals surface area contributed by atoms with Crippen LogP contribution in [-0.2, 0) is 23.8 Å². The van der Waals surface area contributed by atoms with Crippen molar-refractivity contribution in [3.8, 4) is 11.8 Å². The zero-order valence-corrected chi connectivity index (χ0v) is 19.5. The molecule has 8 nitrogen and oxygen atoms in total. The molecule has 2 rings (SSSR count). The van der Waals surface area contributed by atoms with E-state index in [1.807, 2.05) is 13.8 Å². The summed E-state index contributed by atoms with van der Waals surface area (Å²) in [5.41, 5.74) is 0. The number of carbonyl (C=O) groups excluding carboxylic acids is 3. The molecule has 1 fully saturated rings. The lowest BCUT2D eigenvalue weighted by Crippen LogP contribution is -2.29. The van der Waals surface area contributed by atoms with Crippen molar-refractivity contribution in [2.45, 2.75) is 52.4 Å². The average Bonchev–Trinajstić information content (AvgIpc) is 3.39. The maximum absolute atomic E-state index is 11.8. The van der Waals surface area contributed by atoms with Crippen LogP contribution >= 0.6 is 0 Å². The second-order valence-electron chi connectivity index (χ2n) is 8.64. The van der Waals surface area contributed by atoms with Gasteiger partial charge in [0, 0.05) is 44.7 Å². The molecule has 2 N–H and O–H groups in total. The number of nitrogens with one attached hydrogen (secondary N) is 2. The zero-order chi connectivity index (χ0) is 23.2. The van der Waals surface area contributed by atoms with Gasteiger partial charge in [0.1, 0.15) is 5.78 Å². The number of alkyl carbamates (subject to hydrolysis) is 1. The van der Waals surface area contributed by atoms with Crippen LogP contribution in [0.3, 0.4) is 0 Å². The summed E-state index contributed by atoms with van der Waals surface area (Å²) in [5.74, 6) is 8.19. The normalized spacial score (nSPS) is 21.4. The first-order chi connectivity index (χ1) is 15.5. The number of hydrogen-bond acceptors (Lipinski definition) is 6. The van der Waals surface area contributed by atoms with Gasteiger partial charge in [0.05, 0.1) is 33.0 Å². The van der Waals surface area contributed by atoms with Crippen LogP contribution in [0.1, 0.15) is 52.4 Å². The van der Waals surface area contributed by atoms with Gasteiger partial charge in [-0.2, -0.15) is 0 Å². The van der Waals surface area contributed by atoms with Gasteiger partial charge >= 0.3 is 6.09 Å². The molecule has 8 heteroatoms. The lowest BCUT2D eigenvalue weighted by Gasteiger charge is -2.09. The Hall–Kier alpha value is -2.11. The molecule has 2 amide bonds. The number of hydrogen-bond donors (Lipinski definition) is 2. The maximum Gasteiger partial charge on any atom is 0.407 e. The van der Waals surface area contributed by atoms with Gasteiger partial charge in [-0.15, -0.1) is 11.8 Å². The highest BCUT2D eigenvalue weighted by Gasteiger charge is 2.49. The van der Waals surface area contributed by atoms with Crippen molar-refractivity contribution in [3.63, 3.8) is 0 Å². The summed E-state index contributed by atoms with van der Waals surface area (Å²) < 4.78 is 16.1. The van der Waals surface area contributed by atoms with E-state index in [4.69, 9.17) is 14.2 Å². The van der Waals surface area contributed by atoms with Crippen molar-refractivity contribution in [2.24, 2.45) is 23.7 Å². The van der Waals surface area contributed by atoms with E-state index >= 15 is 0 Å². The Morgan fingerprint density at radius 2 is 1.53 bits per heavy atom. The number of ether oxygens (including phenoxy) is 3. The van der Waals surface area contributed by atoms with Crippen LogP contribution < -0.4 is 10.6 Å². The summed E-state index contributed by atoms with van der Waals surface area (Å²) in [5, 5.41) is 5.40. The largest absolute Gasteiger partial charge is 0.449 e. The Labute approximate surface area is 191 Å². The van der Waals surface area contributed by atoms with Crippen LogP contribution in [0.4, 0.5) is 4.79 Å². The number of Topliss-reactive ketones (excluding diaryl/α,β-unsaturated/α-hetero) is 1. The SMILES string of the molecule is CC(C)C(=O)CCNC(=O)CCOCCOCCNC(=O)OCC1C2CCC#CCCC21. The van der Waals surface area contributed by atoms with E-state index in [2.05, 4.69) is 22.5 Å². The molecule has 2 aliphatic rings. The first kappa shape index (κ1) is 26.1. The van der Waals surface area contributed by atoms with Crippen LogP contribution in [0.25, 0.3) is 0 Å². The first-order valence-corrected chi connectivity index (χ1v) is 11.8. The molecule has 0 aliphatic heterocycles. The van der Waals surface area contributed by atoms with E-state index in [9.17, 15) is 14.4 Å². The van der Waals surface area contributed by atoms with Crippen molar-refractivity contribution >= 4 is 17.8 Å². The molecule has 2 aliphatic carbocycles. The summed E-state index contributed by atoms with van der Waals surface area (Å²) in [7, 11) is 0. The Morgan fingerprint density at radius 1 is 0.875 bits per heavy atom. The lowest BCUT2D eigenvalue weighted by molar-refractivity contribution is -0.123. The highest BCUT2D eigenvalue weighted by atomic mass is 16.6. The standard InChI is InChI=1S/C24H38N2O6/c1-18(2)22(27)9-11-25-23(28)10-13-30-15-16-31-14-12-26-24(29)32-17-21-19-7-5-3-4-6-8-20(19)21/h18-21H,5-17H2,1-2H3,(H,25,28)(H,26,29). The molecule has 0 aromatic carbocycles. The van der Waals surface area contributed by atoms with E-state index in [-0.39, 0.29) is 24.0 Å². The zero-order valence-electron chi connectivity index (χ0n) is 19.5. The van der Waals surface area contributed by atoms with E-state index in [1.54, 1.807) is 0 Å². The van der Waals surface area contributed by atoms with Crippen molar-refractivity contribution in [3.05, 3.63) is 0 Å². The lowest BCUT2D eigenvalue weighted by atomic mass is 10.1. The van der Waals surface area contributed by atoms with Crippen LogP contribution in [0.2, 0.25) is 0 Å². The molecule has 0 heterocycles. The summed E-state index contributed by atoms with van der Waals surface area (Å²) >= 11 is 0. The van der Waals surface area contributed by atoms with E-state index in [0.717, 1.165) is 25.7 Å². The van der Waals surface area contributed by atoms with Gasteiger partial charge in [0.25, 0.3) is 0 Å². The maximum atomic E-state index is 11.8. The van der Waals surface area contributed by atoms with Gasteiger partial charge in [-0.3, -0.25) is 9.59 Å². The van der Waals surface area contributed by atoms with Gasteiger partial charge in [-0.25, -0.2) is 4.79 Å². The van der Waals surface area contributed by atoms with E-state index < -0.39 is 6.09 Å². The van der Waals surface area contributed by atoms with Crippen molar-refractivity contribution in [1.29, 1.82) is 0 Å². The fourth-order valence-electron chi connectivity index (χ4n) is 3.92. The van der Waals surface area contributed by atoms with Crippen LogP contribution in [-0.4, -0.2) is 63.9 Å².